The molecule has 1 aromatic rings. The number of allylic oxidation sites excluding steroid dienone is 2. The second kappa shape index (κ2) is 8.74. The van der Waals surface area contributed by atoms with Gasteiger partial charge in [-0.25, -0.2) is 0 Å². The molecule has 1 heterocycles. The summed E-state index contributed by atoms with van der Waals surface area (Å²) < 4.78 is 0. The van der Waals surface area contributed by atoms with E-state index in [4.69, 9.17) is 5.73 Å². The van der Waals surface area contributed by atoms with Crippen LogP contribution in [0.3, 0.4) is 0 Å². The number of ketones is 1. The van der Waals surface area contributed by atoms with Crippen LogP contribution in [0.5, 0.6) is 0 Å². The first-order valence-electron chi connectivity index (χ1n) is 12.8. The van der Waals surface area contributed by atoms with Gasteiger partial charge in [0.2, 0.25) is 0 Å². The molecular formula is C28H38N4O2. The van der Waals surface area contributed by atoms with Gasteiger partial charge in [-0.2, -0.15) is 0 Å². The fourth-order valence-electron chi connectivity index (χ4n) is 6.92. The van der Waals surface area contributed by atoms with Crippen LogP contribution in [0.2, 0.25) is 0 Å². The van der Waals surface area contributed by atoms with Gasteiger partial charge >= 0.3 is 0 Å². The highest BCUT2D eigenvalue weighted by atomic mass is 16.2. The minimum Gasteiger partial charge on any atom is -0.365 e. The first-order chi connectivity index (χ1) is 16.3. The lowest BCUT2D eigenvalue weighted by molar-refractivity contribution is -0.128. The van der Waals surface area contributed by atoms with E-state index in [1.54, 1.807) is 6.08 Å². The summed E-state index contributed by atoms with van der Waals surface area (Å²) in [5.41, 5.74) is 13.6. The average molecular weight is 463 g/mol. The minimum atomic E-state index is -0.712. The molecule has 1 spiro atoms. The first-order valence-corrected chi connectivity index (χ1v) is 12.8. The molecule has 0 aromatic heterocycles. The van der Waals surface area contributed by atoms with Gasteiger partial charge in [0.05, 0.1) is 11.0 Å². The number of hydrogen-bond donors (Lipinski definition) is 3. The summed E-state index contributed by atoms with van der Waals surface area (Å²) in [4.78, 5) is 28.1. The average Bonchev–Trinajstić information content (AvgIpc) is 3.22. The van der Waals surface area contributed by atoms with E-state index in [0.717, 1.165) is 51.4 Å². The molecule has 1 aliphatic heterocycles. The van der Waals surface area contributed by atoms with Crippen LogP contribution in [0.15, 0.2) is 54.1 Å². The monoisotopic (exact) mass is 462 g/mol. The number of nitrogens with one attached hydrogen (secondary N) is 2. The van der Waals surface area contributed by atoms with Crippen LogP contribution in [0.1, 0.15) is 63.4 Å². The number of amides is 1. The summed E-state index contributed by atoms with van der Waals surface area (Å²) in [5, 5.41) is 0. The fraction of sp³-hybridized carbons (Fsp3) is 0.571. The van der Waals surface area contributed by atoms with E-state index in [1.165, 1.54) is 12.0 Å². The van der Waals surface area contributed by atoms with Crippen LogP contribution in [0.25, 0.3) is 0 Å². The van der Waals surface area contributed by atoms with E-state index < -0.39 is 11.3 Å². The second-order valence-electron chi connectivity index (χ2n) is 11.3. The summed E-state index contributed by atoms with van der Waals surface area (Å²) in [5.74, 6) is -0.192. The first kappa shape index (κ1) is 23.5. The molecule has 4 N–H and O–H groups in total. The highest BCUT2D eigenvalue weighted by Crippen LogP contribution is 2.51. The zero-order chi connectivity index (χ0) is 24.0. The van der Waals surface area contributed by atoms with Crippen LogP contribution in [0.4, 0.5) is 0 Å². The molecule has 34 heavy (non-hydrogen) atoms. The van der Waals surface area contributed by atoms with E-state index in [0.29, 0.717) is 5.92 Å². The summed E-state index contributed by atoms with van der Waals surface area (Å²) in [6, 6.07) is 10.8. The highest BCUT2D eigenvalue weighted by Gasteiger charge is 2.55. The summed E-state index contributed by atoms with van der Waals surface area (Å²) in [6.07, 6.45) is 14.9. The molecule has 2 saturated carbocycles. The molecule has 1 aromatic carbocycles. The molecule has 1 amide bonds. The zero-order valence-corrected chi connectivity index (χ0v) is 20.5. The number of carbonyl (C=O) groups excluding carboxylic acids is 2. The maximum Gasteiger partial charge on any atom is 0.252 e. The number of Topliss-reactive ketones (excluding diaryl/α,β-unsaturated/α-hetero) is 1. The number of nitrogens with two attached hydrogens (primary N) is 1. The standard InChI is InChI=1S/C28H38N4O2/c1-32(2)28(21-10-4-3-5-11-21)16-14-26(15-17-28)19-23(30-31-26)27(18-20-8-6-9-20)13-7-12-22(24(27)33)25(29)34/h3-5,7,10-13,20,23,30-31H,6,8-9,14-19H2,1-2H3,(H2,29,34)/t23-,26?,27?,28?/m0/s1. The van der Waals surface area contributed by atoms with E-state index in [1.807, 2.05) is 6.08 Å². The molecule has 1 saturated heterocycles. The maximum absolute atomic E-state index is 13.7. The van der Waals surface area contributed by atoms with Crippen LogP contribution < -0.4 is 16.6 Å². The molecule has 6 nitrogen and oxygen atoms in total. The van der Waals surface area contributed by atoms with Gasteiger partial charge in [-0.1, -0.05) is 61.7 Å². The molecule has 2 atom stereocenters. The SMILES string of the molecule is CN(C)C1(c2ccccc2)CCC2(CC1)C[C@@H](C1(CC3CCC3)C=CC=C(C(N)=O)C1=O)NN2. The van der Waals surface area contributed by atoms with Crippen LogP contribution in [0, 0.1) is 11.3 Å². The lowest BCUT2D eigenvalue weighted by Crippen LogP contribution is -2.54. The predicted molar refractivity (Wildman–Crippen MR) is 133 cm³/mol. The number of benzene rings is 1. The Labute approximate surface area is 203 Å². The number of primary amides is 1. The van der Waals surface area contributed by atoms with Crippen molar-refractivity contribution >= 4 is 11.7 Å². The third kappa shape index (κ3) is 3.76. The number of carbonyl (C=O) groups is 2. The molecule has 4 aliphatic rings. The number of hydrazine groups is 1. The molecule has 5 rings (SSSR count). The lowest BCUT2D eigenvalue weighted by atomic mass is 9.60. The Morgan fingerprint density at radius 2 is 1.82 bits per heavy atom. The molecule has 0 bridgehead atoms. The fourth-order valence-corrected chi connectivity index (χ4v) is 6.92. The molecule has 182 valence electrons. The van der Waals surface area contributed by atoms with Crippen molar-refractivity contribution in [2.45, 2.75) is 74.9 Å². The van der Waals surface area contributed by atoms with Gasteiger partial charge in [-0.15, -0.1) is 0 Å². The topological polar surface area (TPSA) is 87.5 Å². The van der Waals surface area contributed by atoms with Crippen molar-refractivity contribution in [2.24, 2.45) is 17.1 Å². The molecule has 6 heteroatoms. The number of nitrogens with zero attached hydrogens (tertiary/aromatic N) is 1. The van der Waals surface area contributed by atoms with E-state index in [-0.39, 0.29) is 28.5 Å². The van der Waals surface area contributed by atoms with Crippen molar-refractivity contribution in [3.8, 4) is 0 Å². The second-order valence-corrected chi connectivity index (χ2v) is 11.3. The van der Waals surface area contributed by atoms with E-state index in [2.05, 4.69) is 66.3 Å². The normalized spacial score (nSPS) is 36.0. The van der Waals surface area contributed by atoms with Crippen molar-refractivity contribution in [3.63, 3.8) is 0 Å². The molecule has 3 fully saturated rings. The molecular weight excluding hydrogens is 424 g/mol. The minimum absolute atomic E-state index is 0.0261. The van der Waals surface area contributed by atoms with Gasteiger partial charge in [0.1, 0.15) is 0 Å². The number of rotatable bonds is 6. The van der Waals surface area contributed by atoms with Crippen molar-refractivity contribution < 1.29 is 9.59 Å². The van der Waals surface area contributed by atoms with Crippen LogP contribution >= 0.6 is 0 Å². The molecule has 0 radical (unpaired) electrons. The Morgan fingerprint density at radius 1 is 1.12 bits per heavy atom. The summed E-state index contributed by atoms with van der Waals surface area (Å²) in [6.45, 7) is 0. The van der Waals surface area contributed by atoms with E-state index >= 15 is 0 Å². The Hall–Kier alpha value is -2.28. The lowest BCUT2D eigenvalue weighted by Gasteiger charge is -2.49. The zero-order valence-electron chi connectivity index (χ0n) is 20.5. The quantitative estimate of drug-likeness (QED) is 0.565. The molecule has 3 aliphatic carbocycles. The smallest absolute Gasteiger partial charge is 0.252 e. The van der Waals surface area contributed by atoms with Gasteiger partial charge in [-0.3, -0.25) is 25.3 Å². The maximum atomic E-state index is 13.7. The Kier molecular flexibility index (Phi) is 6.03. The van der Waals surface area contributed by atoms with Gasteiger partial charge in [0, 0.05) is 17.1 Å². The predicted octanol–water partition coefficient (Wildman–Crippen LogP) is 3.35. The largest absolute Gasteiger partial charge is 0.365 e. The van der Waals surface area contributed by atoms with E-state index in [9.17, 15) is 9.59 Å². The van der Waals surface area contributed by atoms with Crippen molar-refractivity contribution in [3.05, 3.63) is 59.7 Å². The molecule has 1 unspecified atom stereocenters. The van der Waals surface area contributed by atoms with Crippen molar-refractivity contribution in [1.29, 1.82) is 0 Å². The number of hydrogen-bond acceptors (Lipinski definition) is 5. The highest BCUT2D eigenvalue weighted by molar-refractivity contribution is 6.22. The third-order valence-corrected chi connectivity index (χ3v) is 9.37. The Bertz CT molecular complexity index is 1000. The van der Waals surface area contributed by atoms with Crippen LogP contribution in [-0.2, 0) is 15.1 Å². The van der Waals surface area contributed by atoms with Gasteiger partial charge in [0.15, 0.2) is 5.78 Å². The Morgan fingerprint density at radius 3 is 2.41 bits per heavy atom. The summed E-state index contributed by atoms with van der Waals surface area (Å²) in [7, 11) is 4.37. The van der Waals surface area contributed by atoms with Crippen molar-refractivity contribution in [2.75, 3.05) is 14.1 Å². The Balaban J connectivity index is 1.38. The van der Waals surface area contributed by atoms with Crippen molar-refractivity contribution in [1.82, 2.24) is 15.8 Å². The third-order valence-electron chi connectivity index (χ3n) is 9.37. The summed E-state index contributed by atoms with van der Waals surface area (Å²) >= 11 is 0. The van der Waals surface area contributed by atoms with Gasteiger partial charge in [-0.05, 0) is 70.2 Å². The van der Waals surface area contributed by atoms with Gasteiger partial charge < -0.3 is 5.73 Å². The van der Waals surface area contributed by atoms with Crippen LogP contribution in [-0.4, -0.2) is 42.3 Å². The van der Waals surface area contributed by atoms with Gasteiger partial charge in [0.25, 0.3) is 5.91 Å².